The third kappa shape index (κ3) is 4.04. The number of nitrogens with zero attached hydrogens (tertiary/aromatic N) is 1. The molecule has 142 valence electrons. The van der Waals surface area contributed by atoms with Gasteiger partial charge in [-0.1, -0.05) is 12.1 Å². The molecule has 1 aromatic carbocycles. The molecule has 0 bridgehead atoms. The number of ketones is 1. The molecule has 1 saturated carbocycles. The van der Waals surface area contributed by atoms with Crippen molar-refractivity contribution >= 4 is 28.7 Å². The van der Waals surface area contributed by atoms with E-state index in [1.807, 2.05) is 50.4 Å². The lowest BCUT2D eigenvalue weighted by Crippen LogP contribution is -2.12. The molecule has 4 rings (SSSR count). The average molecular weight is 391 g/mol. The monoisotopic (exact) mass is 390 g/mol. The number of hydrogen-bond donors (Lipinski definition) is 1. The van der Waals surface area contributed by atoms with E-state index in [0.29, 0.717) is 28.5 Å². The third-order valence-corrected chi connectivity index (χ3v) is 6.23. The van der Waals surface area contributed by atoms with Gasteiger partial charge in [-0.2, -0.15) is 0 Å². The fourth-order valence-electron chi connectivity index (χ4n) is 3.14. The van der Waals surface area contributed by atoms with Crippen molar-refractivity contribution in [2.75, 3.05) is 5.32 Å². The number of anilines is 1. The van der Waals surface area contributed by atoms with Crippen LogP contribution in [0.3, 0.4) is 0 Å². The van der Waals surface area contributed by atoms with Crippen LogP contribution in [0.2, 0.25) is 0 Å². The molecule has 1 aliphatic rings. The summed E-state index contributed by atoms with van der Waals surface area (Å²) in [6.07, 6.45) is 6.49. The van der Waals surface area contributed by atoms with E-state index in [1.165, 1.54) is 11.3 Å². The topological polar surface area (TPSA) is 59.1 Å². The first kappa shape index (κ1) is 18.6. The highest BCUT2D eigenvalue weighted by Crippen LogP contribution is 2.34. The molecule has 4 nitrogen and oxygen atoms in total. The van der Waals surface area contributed by atoms with Gasteiger partial charge in [0.15, 0.2) is 5.78 Å². The lowest BCUT2D eigenvalue weighted by atomic mass is 10.0. The Morgan fingerprint density at radius 3 is 2.68 bits per heavy atom. The van der Waals surface area contributed by atoms with Crippen LogP contribution < -0.4 is 5.32 Å². The minimum atomic E-state index is -0.160. The number of nitrogens with one attached hydrogen (secondary N) is 1. The van der Waals surface area contributed by atoms with Crippen LogP contribution in [0.15, 0.2) is 48.8 Å². The number of Topliss-reactive ketones (excluding diaryl/α,β-unsaturated/α-hetero) is 1. The maximum absolute atomic E-state index is 12.8. The molecule has 0 saturated heterocycles. The minimum Gasteiger partial charge on any atom is -0.321 e. The Bertz CT molecular complexity index is 1050. The maximum Gasteiger partial charge on any atom is 0.265 e. The van der Waals surface area contributed by atoms with Crippen LogP contribution >= 0.6 is 11.3 Å². The van der Waals surface area contributed by atoms with Gasteiger partial charge in [-0.25, -0.2) is 0 Å². The summed E-state index contributed by atoms with van der Waals surface area (Å²) in [5.41, 5.74) is 4.47. The normalized spacial score (nSPS) is 13.4. The van der Waals surface area contributed by atoms with Gasteiger partial charge in [-0.05, 0) is 68.0 Å². The van der Waals surface area contributed by atoms with Crippen molar-refractivity contribution in [1.29, 1.82) is 0 Å². The lowest BCUT2D eigenvalue weighted by molar-refractivity contribution is 0.0974. The molecule has 2 heterocycles. The second-order valence-electron chi connectivity index (χ2n) is 7.41. The number of rotatable bonds is 6. The van der Waals surface area contributed by atoms with E-state index in [0.717, 1.165) is 34.4 Å². The van der Waals surface area contributed by atoms with Gasteiger partial charge >= 0.3 is 0 Å². The Hall–Kier alpha value is -2.79. The van der Waals surface area contributed by atoms with E-state index < -0.39 is 0 Å². The molecule has 2 aromatic heterocycles. The van der Waals surface area contributed by atoms with Gasteiger partial charge in [-0.3, -0.25) is 14.6 Å². The third-order valence-electron chi connectivity index (χ3n) is 5.11. The Balaban J connectivity index is 1.52. The van der Waals surface area contributed by atoms with Gasteiger partial charge in [0.2, 0.25) is 0 Å². The minimum absolute atomic E-state index is 0.156. The van der Waals surface area contributed by atoms with Crippen LogP contribution in [0.5, 0.6) is 0 Å². The Labute approximate surface area is 168 Å². The fraction of sp³-hybridized carbons (Fsp3) is 0.261. The molecule has 1 aliphatic carbocycles. The summed E-state index contributed by atoms with van der Waals surface area (Å²) in [6.45, 7) is 3.97. The lowest BCUT2D eigenvalue weighted by Gasteiger charge is -2.10. The van der Waals surface area contributed by atoms with Gasteiger partial charge in [0.25, 0.3) is 5.91 Å². The number of carbonyl (C=O) groups is 2. The zero-order valence-electron chi connectivity index (χ0n) is 16.0. The molecular formula is C23H22N2O2S. The van der Waals surface area contributed by atoms with Crippen molar-refractivity contribution in [1.82, 2.24) is 4.98 Å². The first-order valence-electron chi connectivity index (χ1n) is 9.47. The molecule has 0 aliphatic heterocycles. The van der Waals surface area contributed by atoms with E-state index in [9.17, 15) is 9.59 Å². The standard InChI is InChI=1S/C23H22N2O2S/c1-14-9-10-24-13-18(14)21-7-8-22(28-21)23(27)25-19-12-17(6-3-15(19)2)20(26)11-16-4-5-16/h3,6-10,12-13,16H,4-5,11H2,1-2H3,(H,25,27). The van der Waals surface area contributed by atoms with Gasteiger partial charge in [-0.15, -0.1) is 11.3 Å². The summed E-state index contributed by atoms with van der Waals surface area (Å²) in [7, 11) is 0. The Kier molecular flexibility index (Phi) is 5.09. The molecule has 0 radical (unpaired) electrons. The zero-order valence-corrected chi connectivity index (χ0v) is 16.8. The van der Waals surface area contributed by atoms with E-state index >= 15 is 0 Å². The summed E-state index contributed by atoms with van der Waals surface area (Å²) in [5.74, 6) is 0.545. The number of amides is 1. The van der Waals surface area contributed by atoms with Crippen LogP contribution in [-0.4, -0.2) is 16.7 Å². The summed E-state index contributed by atoms with van der Waals surface area (Å²) in [6, 6.07) is 11.3. The number of thiophene rings is 1. The maximum atomic E-state index is 12.8. The number of carbonyl (C=O) groups excluding carboxylic acids is 2. The highest BCUT2D eigenvalue weighted by Gasteiger charge is 2.25. The number of hydrogen-bond acceptors (Lipinski definition) is 4. The largest absolute Gasteiger partial charge is 0.321 e. The zero-order chi connectivity index (χ0) is 19.7. The number of pyridine rings is 1. The Morgan fingerprint density at radius 1 is 1.11 bits per heavy atom. The molecule has 5 heteroatoms. The Morgan fingerprint density at radius 2 is 1.93 bits per heavy atom. The first-order chi connectivity index (χ1) is 13.5. The molecule has 3 aromatic rings. The van der Waals surface area contributed by atoms with Crippen molar-refractivity contribution in [2.45, 2.75) is 33.1 Å². The van der Waals surface area contributed by atoms with Crippen LogP contribution in [0.4, 0.5) is 5.69 Å². The van der Waals surface area contributed by atoms with E-state index in [1.54, 1.807) is 12.3 Å². The summed E-state index contributed by atoms with van der Waals surface area (Å²) in [5, 5.41) is 2.97. The van der Waals surface area contributed by atoms with Crippen LogP contribution in [0, 0.1) is 19.8 Å². The van der Waals surface area contributed by atoms with Crippen molar-refractivity contribution in [3.8, 4) is 10.4 Å². The van der Waals surface area contributed by atoms with Crippen molar-refractivity contribution < 1.29 is 9.59 Å². The van der Waals surface area contributed by atoms with Gasteiger partial charge in [0.1, 0.15) is 0 Å². The molecule has 28 heavy (non-hydrogen) atoms. The highest BCUT2D eigenvalue weighted by atomic mass is 32.1. The molecule has 0 atom stereocenters. The molecule has 0 unspecified atom stereocenters. The predicted octanol–water partition coefficient (Wildman–Crippen LogP) is 5.66. The van der Waals surface area contributed by atoms with Crippen LogP contribution in [0.25, 0.3) is 10.4 Å². The van der Waals surface area contributed by atoms with E-state index in [2.05, 4.69) is 10.3 Å². The van der Waals surface area contributed by atoms with Gasteiger partial charge < -0.3 is 5.32 Å². The van der Waals surface area contributed by atoms with Crippen molar-refractivity contribution in [2.24, 2.45) is 5.92 Å². The first-order valence-corrected chi connectivity index (χ1v) is 10.3. The summed E-state index contributed by atoms with van der Waals surface area (Å²) < 4.78 is 0. The molecule has 0 spiro atoms. The van der Waals surface area contributed by atoms with Crippen molar-refractivity contribution in [3.05, 3.63) is 70.4 Å². The number of benzene rings is 1. The molecule has 1 amide bonds. The SMILES string of the molecule is Cc1ccc(C(=O)CC2CC2)cc1NC(=O)c1ccc(-c2cnccc2C)s1. The molecule has 1 N–H and O–H groups in total. The van der Waals surface area contributed by atoms with Gasteiger partial charge in [0.05, 0.1) is 4.88 Å². The van der Waals surface area contributed by atoms with Crippen LogP contribution in [-0.2, 0) is 0 Å². The average Bonchev–Trinajstić information content (AvgIpc) is 3.36. The van der Waals surface area contributed by atoms with E-state index in [-0.39, 0.29) is 11.7 Å². The molecule has 1 fully saturated rings. The second-order valence-corrected chi connectivity index (χ2v) is 8.49. The number of aromatic nitrogens is 1. The van der Waals surface area contributed by atoms with Gasteiger partial charge in [0, 0.05) is 40.5 Å². The highest BCUT2D eigenvalue weighted by molar-refractivity contribution is 7.17. The van der Waals surface area contributed by atoms with E-state index in [4.69, 9.17) is 0 Å². The predicted molar refractivity (Wildman–Crippen MR) is 113 cm³/mol. The summed E-state index contributed by atoms with van der Waals surface area (Å²) in [4.78, 5) is 31.0. The summed E-state index contributed by atoms with van der Waals surface area (Å²) >= 11 is 1.44. The fourth-order valence-corrected chi connectivity index (χ4v) is 4.12. The second kappa shape index (κ2) is 7.68. The molecular weight excluding hydrogens is 368 g/mol. The van der Waals surface area contributed by atoms with Crippen molar-refractivity contribution in [3.63, 3.8) is 0 Å². The van der Waals surface area contributed by atoms with Crippen LogP contribution in [0.1, 0.15) is 50.4 Å². The smallest absolute Gasteiger partial charge is 0.265 e. The quantitative estimate of drug-likeness (QED) is 0.552. The number of aryl methyl sites for hydroxylation is 2.